The van der Waals surface area contributed by atoms with Gasteiger partial charge in [-0.3, -0.25) is 4.98 Å². The van der Waals surface area contributed by atoms with E-state index in [1.165, 1.54) is 25.7 Å². The monoisotopic (exact) mass is 263 g/mol. The van der Waals surface area contributed by atoms with E-state index in [-0.39, 0.29) is 0 Å². The Kier molecular flexibility index (Phi) is 6.50. The lowest BCUT2D eigenvalue weighted by atomic mass is 9.83. The van der Waals surface area contributed by atoms with Gasteiger partial charge in [0.25, 0.3) is 0 Å². The van der Waals surface area contributed by atoms with E-state index in [1.807, 2.05) is 26.8 Å². The highest BCUT2D eigenvalue weighted by Crippen LogP contribution is 2.26. The molecule has 0 saturated carbocycles. The molecule has 0 fully saturated rings. The molecule has 2 heteroatoms. The van der Waals surface area contributed by atoms with Crippen LogP contribution in [0.2, 0.25) is 0 Å². The molecule has 2 nitrogen and oxygen atoms in total. The molecule has 1 rings (SSSR count). The third-order valence-corrected chi connectivity index (χ3v) is 3.81. The van der Waals surface area contributed by atoms with Crippen molar-refractivity contribution in [3.05, 3.63) is 29.6 Å². The maximum Gasteiger partial charge on any atom is 0.0623 e. The first-order valence-corrected chi connectivity index (χ1v) is 7.58. The fourth-order valence-electron chi connectivity index (χ4n) is 2.49. The molecule has 1 aromatic rings. The average Bonchev–Trinajstić information content (AvgIpc) is 2.32. The summed E-state index contributed by atoms with van der Waals surface area (Å²) in [5.41, 5.74) is 1.53. The quantitative estimate of drug-likeness (QED) is 0.710. The van der Waals surface area contributed by atoms with Gasteiger partial charge in [0.2, 0.25) is 0 Å². The van der Waals surface area contributed by atoms with Crippen LogP contribution >= 0.6 is 0 Å². The maximum absolute atomic E-state index is 10.3. The van der Waals surface area contributed by atoms with Crippen LogP contribution in [0.1, 0.15) is 64.3 Å². The van der Waals surface area contributed by atoms with E-state index in [4.69, 9.17) is 0 Å². The summed E-state index contributed by atoms with van der Waals surface area (Å²) < 4.78 is 0. The SMILES string of the molecule is CCCCCCC(Cc1cccc(C)n1)C(C)(C)O. The molecule has 0 radical (unpaired) electrons. The molecular formula is C17H29NO. The summed E-state index contributed by atoms with van der Waals surface area (Å²) in [6.07, 6.45) is 6.98. The summed E-state index contributed by atoms with van der Waals surface area (Å²) in [4.78, 5) is 4.56. The molecule has 19 heavy (non-hydrogen) atoms. The number of aromatic nitrogens is 1. The average molecular weight is 263 g/mol. The summed E-state index contributed by atoms with van der Waals surface area (Å²) in [5, 5.41) is 10.3. The number of hydrogen-bond donors (Lipinski definition) is 1. The largest absolute Gasteiger partial charge is 0.390 e. The number of nitrogens with zero attached hydrogens (tertiary/aromatic N) is 1. The standard InChI is InChI=1S/C17H29NO/c1-5-6-7-8-11-15(17(3,4)19)13-16-12-9-10-14(2)18-16/h9-10,12,15,19H,5-8,11,13H2,1-4H3. The molecule has 0 aliphatic heterocycles. The van der Waals surface area contributed by atoms with Crippen LogP contribution in [-0.4, -0.2) is 15.7 Å². The normalized spacial score (nSPS) is 13.5. The predicted octanol–water partition coefficient (Wildman–Crippen LogP) is 4.29. The number of aryl methyl sites for hydroxylation is 1. The minimum Gasteiger partial charge on any atom is -0.390 e. The zero-order chi connectivity index (χ0) is 14.3. The molecule has 0 spiro atoms. The lowest BCUT2D eigenvalue weighted by Crippen LogP contribution is -2.32. The Morgan fingerprint density at radius 3 is 2.53 bits per heavy atom. The first-order chi connectivity index (χ1) is 8.93. The summed E-state index contributed by atoms with van der Waals surface area (Å²) in [6, 6.07) is 6.14. The van der Waals surface area contributed by atoms with Crippen LogP contribution in [0.3, 0.4) is 0 Å². The minimum atomic E-state index is -0.627. The van der Waals surface area contributed by atoms with E-state index in [0.29, 0.717) is 5.92 Å². The van der Waals surface area contributed by atoms with Crippen molar-refractivity contribution in [3.8, 4) is 0 Å². The van der Waals surface area contributed by atoms with E-state index >= 15 is 0 Å². The fraction of sp³-hybridized carbons (Fsp3) is 0.706. The molecule has 0 saturated heterocycles. The highest BCUT2D eigenvalue weighted by atomic mass is 16.3. The van der Waals surface area contributed by atoms with Crippen LogP contribution in [-0.2, 0) is 6.42 Å². The van der Waals surface area contributed by atoms with E-state index in [2.05, 4.69) is 24.0 Å². The molecule has 0 aliphatic rings. The Balaban J connectivity index is 2.59. The van der Waals surface area contributed by atoms with Crippen LogP contribution in [0, 0.1) is 12.8 Å². The Bertz CT molecular complexity index is 368. The molecular weight excluding hydrogens is 234 g/mol. The third-order valence-electron chi connectivity index (χ3n) is 3.81. The van der Waals surface area contributed by atoms with Crippen LogP contribution in [0.25, 0.3) is 0 Å². The summed E-state index contributed by atoms with van der Waals surface area (Å²) in [5.74, 6) is 0.290. The van der Waals surface area contributed by atoms with Gasteiger partial charge in [0, 0.05) is 11.4 Å². The van der Waals surface area contributed by atoms with Crippen LogP contribution in [0.5, 0.6) is 0 Å². The van der Waals surface area contributed by atoms with Crippen molar-refractivity contribution in [1.29, 1.82) is 0 Å². The summed E-state index contributed by atoms with van der Waals surface area (Å²) >= 11 is 0. The van der Waals surface area contributed by atoms with E-state index in [0.717, 1.165) is 24.2 Å². The van der Waals surface area contributed by atoms with E-state index in [9.17, 15) is 5.11 Å². The van der Waals surface area contributed by atoms with Crippen molar-refractivity contribution in [3.63, 3.8) is 0 Å². The fourth-order valence-corrected chi connectivity index (χ4v) is 2.49. The number of hydrogen-bond acceptors (Lipinski definition) is 2. The van der Waals surface area contributed by atoms with Crippen molar-refractivity contribution in [2.45, 2.75) is 71.8 Å². The Labute approximate surface area is 118 Å². The molecule has 0 bridgehead atoms. The molecule has 1 N–H and O–H groups in total. The number of unbranched alkanes of at least 4 members (excludes halogenated alkanes) is 3. The maximum atomic E-state index is 10.3. The molecule has 0 aromatic carbocycles. The second kappa shape index (κ2) is 7.64. The predicted molar refractivity (Wildman–Crippen MR) is 81.2 cm³/mol. The highest BCUT2D eigenvalue weighted by molar-refractivity contribution is 5.11. The molecule has 0 amide bonds. The molecule has 1 atom stereocenters. The van der Waals surface area contributed by atoms with Crippen molar-refractivity contribution in [2.75, 3.05) is 0 Å². The molecule has 108 valence electrons. The zero-order valence-corrected chi connectivity index (χ0v) is 12.9. The summed E-state index contributed by atoms with van der Waals surface area (Å²) in [6.45, 7) is 8.09. The molecule has 1 heterocycles. The number of pyridine rings is 1. The van der Waals surface area contributed by atoms with Crippen molar-refractivity contribution >= 4 is 0 Å². The second-order valence-electron chi connectivity index (χ2n) is 6.17. The lowest BCUT2D eigenvalue weighted by Gasteiger charge is -2.29. The minimum absolute atomic E-state index is 0.290. The van der Waals surface area contributed by atoms with Gasteiger partial charge in [0.1, 0.15) is 0 Å². The third kappa shape index (κ3) is 6.20. The smallest absolute Gasteiger partial charge is 0.0623 e. The van der Waals surface area contributed by atoms with Gasteiger partial charge in [-0.05, 0) is 51.7 Å². The number of aliphatic hydroxyl groups is 1. The Hall–Kier alpha value is -0.890. The van der Waals surface area contributed by atoms with Crippen LogP contribution < -0.4 is 0 Å². The molecule has 0 aliphatic carbocycles. The van der Waals surface area contributed by atoms with Gasteiger partial charge < -0.3 is 5.11 Å². The van der Waals surface area contributed by atoms with Crippen molar-refractivity contribution < 1.29 is 5.11 Å². The van der Waals surface area contributed by atoms with Gasteiger partial charge in [-0.25, -0.2) is 0 Å². The first kappa shape index (κ1) is 16.2. The topological polar surface area (TPSA) is 33.1 Å². The van der Waals surface area contributed by atoms with Crippen LogP contribution in [0.15, 0.2) is 18.2 Å². The highest BCUT2D eigenvalue weighted by Gasteiger charge is 2.26. The van der Waals surface area contributed by atoms with Crippen molar-refractivity contribution in [1.82, 2.24) is 4.98 Å². The Morgan fingerprint density at radius 1 is 1.21 bits per heavy atom. The van der Waals surface area contributed by atoms with E-state index in [1.54, 1.807) is 0 Å². The molecule has 1 aromatic heterocycles. The van der Waals surface area contributed by atoms with Crippen molar-refractivity contribution in [2.24, 2.45) is 5.92 Å². The summed E-state index contributed by atoms with van der Waals surface area (Å²) in [7, 11) is 0. The van der Waals surface area contributed by atoms with Gasteiger partial charge in [-0.1, -0.05) is 38.7 Å². The van der Waals surface area contributed by atoms with Gasteiger partial charge >= 0.3 is 0 Å². The van der Waals surface area contributed by atoms with Gasteiger partial charge in [0.05, 0.1) is 5.60 Å². The molecule has 1 unspecified atom stereocenters. The van der Waals surface area contributed by atoms with Crippen LogP contribution in [0.4, 0.5) is 0 Å². The van der Waals surface area contributed by atoms with E-state index < -0.39 is 5.60 Å². The van der Waals surface area contributed by atoms with Gasteiger partial charge in [-0.2, -0.15) is 0 Å². The Morgan fingerprint density at radius 2 is 1.95 bits per heavy atom. The zero-order valence-electron chi connectivity index (χ0n) is 12.9. The first-order valence-electron chi connectivity index (χ1n) is 7.58. The number of rotatable bonds is 8. The lowest BCUT2D eigenvalue weighted by molar-refractivity contribution is 0.0117. The van der Waals surface area contributed by atoms with Gasteiger partial charge in [-0.15, -0.1) is 0 Å². The second-order valence-corrected chi connectivity index (χ2v) is 6.17. The van der Waals surface area contributed by atoms with Gasteiger partial charge in [0.15, 0.2) is 0 Å².